The van der Waals surface area contributed by atoms with E-state index in [0.717, 1.165) is 0 Å². The van der Waals surface area contributed by atoms with Crippen LogP contribution in [-0.2, 0) is 0 Å². The Morgan fingerprint density at radius 1 is 1.31 bits per heavy atom. The number of H-pyrrole nitrogens is 1. The van der Waals surface area contributed by atoms with Gasteiger partial charge in [-0.2, -0.15) is 4.99 Å². The van der Waals surface area contributed by atoms with Gasteiger partial charge in [-0.3, -0.25) is 14.7 Å². The molecule has 0 unspecified atom stereocenters. The lowest BCUT2D eigenvalue weighted by molar-refractivity contribution is 0.100. The summed E-state index contributed by atoms with van der Waals surface area (Å²) in [5, 5.41) is 3.22. The zero-order valence-corrected chi connectivity index (χ0v) is 17.6. The van der Waals surface area contributed by atoms with Gasteiger partial charge >= 0.3 is 0 Å². The maximum Gasteiger partial charge on any atom is 0.284 e. The number of fused-ring (bicyclic) bond motifs is 1. The van der Waals surface area contributed by atoms with Crippen LogP contribution in [0.2, 0.25) is 5.02 Å². The van der Waals surface area contributed by atoms with Crippen molar-refractivity contribution in [2.24, 2.45) is 4.99 Å². The molecule has 0 bridgehead atoms. The molecule has 2 heterocycles. The molecule has 3 rings (SSSR count). The fourth-order valence-corrected chi connectivity index (χ4v) is 2.76. The number of ether oxygens (including phenoxy) is 1. The number of amides is 1. The number of rotatable bonds is 4. The van der Waals surface area contributed by atoms with Crippen LogP contribution in [0.4, 0.5) is 0 Å². The molecule has 0 aliphatic heterocycles. The molecule has 0 fully saturated rings. The number of aliphatic imine (C=N–C) groups is 1. The van der Waals surface area contributed by atoms with Crippen molar-refractivity contribution < 1.29 is 9.53 Å². The summed E-state index contributed by atoms with van der Waals surface area (Å²) in [4.78, 5) is 35.4. The van der Waals surface area contributed by atoms with E-state index in [0.29, 0.717) is 27.9 Å². The van der Waals surface area contributed by atoms with E-state index < -0.39 is 5.91 Å². The third-order valence-corrected chi connectivity index (χ3v) is 4.54. The second-order valence-electron chi connectivity index (χ2n) is 7.00. The molecule has 0 saturated heterocycles. The Hall–Kier alpha value is -3.13. The minimum absolute atomic E-state index is 0.0597. The molecule has 1 aromatic carbocycles. The van der Waals surface area contributed by atoms with Crippen LogP contribution in [0.1, 0.15) is 31.1 Å². The molecule has 152 valence electrons. The predicted molar refractivity (Wildman–Crippen MR) is 113 cm³/mol. The zero-order valence-electron chi connectivity index (χ0n) is 16.9. The summed E-state index contributed by atoms with van der Waals surface area (Å²) in [5.41, 5.74) is 1.12. The van der Waals surface area contributed by atoms with E-state index in [1.165, 1.54) is 16.8 Å². The van der Waals surface area contributed by atoms with E-state index in [1.54, 1.807) is 44.1 Å². The lowest BCUT2D eigenvalue weighted by atomic mass is 10.1. The van der Waals surface area contributed by atoms with E-state index in [9.17, 15) is 9.59 Å². The summed E-state index contributed by atoms with van der Waals surface area (Å²) in [7, 11) is 3.58. The molecule has 8 nitrogen and oxygen atoms in total. The van der Waals surface area contributed by atoms with E-state index >= 15 is 0 Å². The van der Waals surface area contributed by atoms with Gasteiger partial charge in [0.1, 0.15) is 17.1 Å². The van der Waals surface area contributed by atoms with Gasteiger partial charge in [0, 0.05) is 31.9 Å². The summed E-state index contributed by atoms with van der Waals surface area (Å²) >= 11 is 6.20. The van der Waals surface area contributed by atoms with Crippen LogP contribution in [0.15, 0.2) is 40.2 Å². The van der Waals surface area contributed by atoms with Crippen LogP contribution in [0.5, 0.6) is 5.75 Å². The number of halogens is 1. The number of aromatic nitrogens is 3. The summed E-state index contributed by atoms with van der Waals surface area (Å²) in [5.74, 6) is 0.553. The Bertz CT molecular complexity index is 1160. The monoisotopic (exact) mass is 415 g/mol. The Morgan fingerprint density at radius 2 is 2.03 bits per heavy atom. The van der Waals surface area contributed by atoms with E-state index in [4.69, 9.17) is 16.3 Å². The molecular weight excluding hydrogens is 394 g/mol. The predicted octanol–water partition coefficient (Wildman–Crippen LogP) is 3.25. The van der Waals surface area contributed by atoms with E-state index in [1.807, 2.05) is 13.8 Å². The number of carbonyl (C=O) groups excluding carboxylic acids is 1. The van der Waals surface area contributed by atoms with Gasteiger partial charge in [0.25, 0.3) is 11.5 Å². The van der Waals surface area contributed by atoms with Gasteiger partial charge in [-0.1, -0.05) is 17.7 Å². The average Bonchev–Trinajstić information content (AvgIpc) is 3.07. The lowest BCUT2D eigenvalue weighted by Gasteiger charge is -2.12. The Morgan fingerprint density at radius 3 is 2.69 bits per heavy atom. The number of carbonyl (C=O) groups is 1. The molecule has 1 N–H and O–H groups in total. The SMILES string of the molecule is CC(=NC(=O)c1c[nH]n2c(=O)cc(-c3ccc(Cl)c(OC(C)C)c3)nc12)N(C)C. The third kappa shape index (κ3) is 4.32. The Balaban J connectivity index is 2.11. The van der Waals surface area contributed by atoms with Gasteiger partial charge < -0.3 is 9.64 Å². The molecular formula is C20H22ClN5O3. The van der Waals surface area contributed by atoms with Crippen LogP contribution in [0.25, 0.3) is 16.9 Å². The smallest absolute Gasteiger partial charge is 0.284 e. The van der Waals surface area contributed by atoms with Crippen molar-refractivity contribution in [2.45, 2.75) is 26.9 Å². The molecule has 1 amide bonds. The van der Waals surface area contributed by atoms with Gasteiger partial charge in [-0.25, -0.2) is 9.50 Å². The fourth-order valence-electron chi connectivity index (χ4n) is 2.60. The van der Waals surface area contributed by atoms with Crippen LogP contribution >= 0.6 is 11.6 Å². The number of aromatic amines is 1. The van der Waals surface area contributed by atoms with Gasteiger partial charge in [0.15, 0.2) is 5.65 Å². The summed E-state index contributed by atoms with van der Waals surface area (Å²) in [6, 6.07) is 6.54. The molecule has 3 aromatic rings. The van der Waals surface area contributed by atoms with Crippen molar-refractivity contribution in [1.29, 1.82) is 0 Å². The molecule has 0 radical (unpaired) electrons. The topological polar surface area (TPSA) is 92.1 Å². The van der Waals surface area contributed by atoms with Gasteiger partial charge in [0.05, 0.1) is 16.8 Å². The summed E-state index contributed by atoms with van der Waals surface area (Å²) in [6.45, 7) is 5.52. The van der Waals surface area contributed by atoms with Crippen molar-refractivity contribution in [2.75, 3.05) is 14.1 Å². The number of benzene rings is 1. The second-order valence-corrected chi connectivity index (χ2v) is 7.40. The number of hydrogen-bond donors (Lipinski definition) is 1. The summed E-state index contributed by atoms with van der Waals surface area (Å²) in [6.07, 6.45) is 1.37. The summed E-state index contributed by atoms with van der Waals surface area (Å²) < 4.78 is 6.92. The first-order valence-corrected chi connectivity index (χ1v) is 9.40. The molecule has 0 saturated carbocycles. The first kappa shape index (κ1) is 20.6. The largest absolute Gasteiger partial charge is 0.489 e. The lowest BCUT2D eigenvalue weighted by Crippen LogP contribution is -2.20. The van der Waals surface area contributed by atoms with E-state index in [-0.39, 0.29) is 22.9 Å². The van der Waals surface area contributed by atoms with Crippen LogP contribution in [-0.4, -0.2) is 51.4 Å². The van der Waals surface area contributed by atoms with Crippen molar-refractivity contribution in [3.05, 3.63) is 51.4 Å². The highest BCUT2D eigenvalue weighted by Crippen LogP contribution is 2.30. The van der Waals surface area contributed by atoms with Crippen molar-refractivity contribution in [3.63, 3.8) is 0 Å². The van der Waals surface area contributed by atoms with Crippen LogP contribution < -0.4 is 10.3 Å². The molecule has 0 aliphatic rings. The average molecular weight is 416 g/mol. The molecule has 0 spiro atoms. The van der Waals surface area contributed by atoms with E-state index in [2.05, 4.69) is 15.1 Å². The fraction of sp³-hybridized carbons (Fsp3) is 0.300. The first-order chi connectivity index (χ1) is 13.7. The minimum Gasteiger partial charge on any atom is -0.489 e. The molecule has 2 aromatic heterocycles. The van der Waals surface area contributed by atoms with Crippen molar-refractivity contribution in [1.82, 2.24) is 19.5 Å². The third-order valence-electron chi connectivity index (χ3n) is 4.23. The highest BCUT2D eigenvalue weighted by molar-refractivity contribution is 6.32. The number of amidine groups is 1. The normalized spacial score (nSPS) is 11.9. The Kier molecular flexibility index (Phi) is 5.74. The second kappa shape index (κ2) is 8.08. The molecule has 29 heavy (non-hydrogen) atoms. The van der Waals surface area contributed by atoms with Gasteiger partial charge in [-0.15, -0.1) is 0 Å². The highest BCUT2D eigenvalue weighted by Gasteiger charge is 2.17. The highest BCUT2D eigenvalue weighted by atomic mass is 35.5. The maximum atomic E-state index is 12.6. The quantitative estimate of drug-likeness (QED) is 0.521. The van der Waals surface area contributed by atoms with Crippen LogP contribution in [0, 0.1) is 0 Å². The standard InChI is InChI=1S/C20H22ClN5O3/c1-11(2)29-17-8-13(6-7-15(17)21)16-9-18(27)26-19(24-16)14(10-22-26)20(28)23-12(3)25(4)5/h6-11,22H,1-5H3. The van der Waals surface area contributed by atoms with Crippen molar-refractivity contribution >= 4 is 29.0 Å². The van der Waals surface area contributed by atoms with Crippen molar-refractivity contribution in [3.8, 4) is 17.0 Å². The van der Waals surface area contributed by atoms with Crippen LogP contribution in [0.3, 0.4) is 0 Å². The maximum absolute atomic E-state index is 12.6. The molecule has 9 heteroatoms. The molecule has 0 aliphatic carbocycles. The Labute approximate surface area is 172 Å². The minimum atomic E-state index is -0.487. The number of nitrogens with zero attached hydrogens (tertiary/aromatic N) is 4. The van der Waals surface area contributed by atoms with Gasteiger partial charge in [-0.05, 0) is 32.9 Å². The number of nitrogens with one attached hydrogen (secondary N) is 1. The zero-order chi connectivity index (χ0) is 21.3. The first-order valence-electron chi connectivity index (χ1n) is 9.02. The molecule has 0 atom stereocenters. The van der Waals surface area contributed by atoms with Gasteiger partial charge in [0.2, 0.25) is 0 Å². The number of hydrogen-bond acceptors (Lipinski definition) is 4.